The molecule has 2 N–H and O–H groups in total. The van der Waals surface area contributed by atoms with Crippen LogP contribution in [0.4, 0.5) is 0 Å². The molecule has 4 rings (SSSR count). The predicted octanol–water partition coefficient (Wildman–Crippen LogP) is 2.87. The molecule has 1 saturated heterocycles. The molecule has 2 aromatic carbocycles. The van der Waals surface area contributed by atoms with Crippen LogP contribution < -0.4 is 5.32 Å². The molecule has 2 aliphatic rings. The maximum absolute atomic E-state index is 12.7. The van der Waals surface area contributed by atoms with Crippen molar-refractivity contribution >= 4 is 28.6 Å². The van der Waals surface area contributed by atoms with E-state index in [-0.39, 0.29) is 24.3 Å². The number of rotatable bonds is 5. The lowest BCUT2D eigenvalue weighted by Crippen LogP contribution is -2.40. The van der Waals surface area contributed by atoms with Gasteiger partial charge in [0.15, 0.2) is 6.04 Å². The summed E-state index contributed by atoms with van der Waals surface area (Å²) in [4.78, 5) is 38.7. The molecule has 0 radical (unpaired) electrons. The zero-order valence-electron chi connectivity index (χ0n) is 15.6. The first-order chi connectivity index (χ1) is 13.5. The van der Waals surface area contributed by atoms with Gasteiger partial charge in [-0.1, -0.05) is 49.2 Å². The highest BCUT2D eigenvalue weighted by Crippen LogP contribution is 2.30. The van der Waals surface area contributed by atoms with Gasteiger partial charge in [-0.05, 0) is 35.2 Å². The van der Waals surface area contributed by atoms with E-state index in [1.54, 1.807) is 12.1 Å². The normalized spacial score (nSPS) is 21.2. The molecular weight excluding hydrogens is 356 g/mol. The van der Waals surface area contributed by atoms with Crippen LogP contribution in [0.3, 0.4) is 0 Å². The second kappa shape index (κ2) is 7.62. The molecule has 6 heteroatoms. The van der Waals surface area contributed by atoms with Gasteiger partial charge in [0, 0.05) is 19.0 Å². The predicted molar refractivity (Wildman–Crippen MR) is 105 cm³/mol. The minimum absolute atomic E-state index is 0.00429. The average Bonchev–Trinajstić information content (AvgIpc) is 3.34. The van der Waals surface area contributed by atoms with E-state index >= 15 is 0 Å². The first-order valence-electron chi connectivity index (χ1n) is 9.84. The van der Waals surface area contributed by atoms with Crippen molar-refractivity contribution in [2.24, 2.45) is 5.92 Å². The lowest BCUT2D eigenvalue weighted by atomic mass is 10.0. The summed E-state index contributed by atoms with van der Waals surface area (Å²) in [6, 6.07) is 12.2. The van der Waals surface area contributed by atoms with E-state index in [1.807, 2.05) is 35.2 Å². The fraction of sp³-hybridized carbons (Fsp3) is 0.409. The smallest absolute Gasteiger partial charge is 0.330 e. The number of fused-ring (bicyclic) bond motifs is 1. The van der Waals surface area contributed by atoms with Crippen molar-refractivity contribution in [3.05, 3.63) is 48.0 Å². The Kier molecular flexibility index (Phi) is 5.03. The minimum Gasteiger partial charge on any atom is -0.479 e. The molecule has 2 aromatic rings. The summed E-state index contributed by atoms with van der Waals surface area (Å²) in [6.45, 7) is 0.388. The topological polar surface area (TPSA) is 86.7 Å². The van der Waals surface area contributed by atoms with Crippen LogP contribution in [-0.4, -0.2) is 40.4 Å². The molecular formula is C22H24N2O4. The quantitative estimate of drug-likeness (QED) is 0.835. The van der Waals surface area contributed by atoms with E-state index in [1.165, 1.54) is 0 Å². The number of carboxylic acid groups (broad SMARTS) is 1. The standard InChI is InChI=1S/C22H24N2O4/c25-19-12-17(13-24(19)18-7-3-4-8-18)21(26)23-20(22(27)28)16-10-9-14-5-1-2-6-15(14)11-16/h1-2,5-6,9-11,17-18,20H,3-4,7-8,12-13H2,(H,23,26)(H,27,28). The van der Waals surface area contributed by atoms with Gasteiger partial charge in [0.05, 0.1) is 5.92 Å². The van der Waals surface area contributed by atoms with Crippen molar-refractivity contribution in [1.82, 2.24) is 10.2 Å². The van der Waals surface area contributed by atoms with Gasteiger partial charge in [0.2, 0.25) is 11.8 Å². The van der Waals surface area contributed by atoms with E-state index in [0.717, 1.165) is 36.5 Å². The third-order valence-corrected chi connectivity index (χ3v) is 5.94. The third-order valence-electron chi connectivity index (χ3n) is 5.94. The van der Waals surface area contributed by atoms with E-state index < -0.39 is 17.9 Å². The van der Waals surface area contributed by atoms with Crippen LogP contribution in [0.15, 0.2) is 42.5 Å². The highest BCUT2D eigenvalue weighted by Gasteiger charge is 2.39. The van der Waals surface area contributed by atoms with Gasteiger partial charge in [-0.25, -0.2) is 4.79 Å². The lowest BCUT2D eigenvalue weighted by molar-refractivity contribution is -0.142. The maximum atomic E-state index is 12.7. The lowest BCUT2D eigenvalue weighted by Gasteiger charge is -2.24. The van der Waals surface area contributed by atoms with Crippen LogP contribution in [-0.2, 0) is 14.4 Å². The number of carbonyl (C=O) groups is 3. The zero-order valence-corrected chi connectivity index (χ0v) is 15.6. The fourth-order valence-corrected chi connectivity index (χ4v) is 4.41. The molecule has 1 aliphatic heterocycles. The molecule has 2 unspecified atom stereocenters. The van der Waals surface area contributed by atoms with Crippen LogP contribution in [0, 0.1) is 5.92 Å². The number of amides is 2. The van der Waals surface area contributed by atoms with Crippen LogP contribution >= 0.6 is 0 Å². The number of aliphatic carboxylic acids is 1. The van der Waals surface area contributed by atoms with Gasteiger partial charge in [-0.3, -0.25) is 9.59 Å². The fourth-order valence-electron chi connectivity index (χ4n) is 4.41. The van der Waals surface area contributed by atoms with Crippen LogP contribution in [0.5, 0.6) is 0 Å². The van der Waals surface area contributed by atoms with E-state index in [9.17, 15) is 19.5 Å². The second-order valence-corrected chi connectivity index (χ2v) is 7.77. The van der Waals surface area contributed by atoms with Gasteiger partial charge >= 0.3 is 5.97 Å². The van der Waals surface area contributed by atoms with E-state index in [0.29, 0.717) is 12.1 Å². The zero-order chi connectivity index (χ0) is 19.7. The molecule has 0 aromatic heterocycles. The molecule has 2 amide bonds. The first kappa shape index (κ1) is 18.5. The first-order valence-corrected chi connectivity index (χ1v) is 9.84. The highest BCUT2D eigenvalue weighted by atomic mass is 16.4. The summed E-state index contributed by atoms with van der Waals surface area (Å²) in [5.41, 5.74) is 0.525. The van der Waals surface area contributed by atoms with Crippen molar-refractivity contribution in [2.45, 2.75) is 44.2 Å². The Balaban J connectivity index is 1.49. The number of likely N-dealkylation sites (tertiary alicyclic amines) is 1. The number of hydrogen-bond acceptors (Lipinski definition) is 3. The molecule has 1 heterocycles. The summed E-state index contributed by atoms with van der Waals surface area (Å²) >= 11 is 0. The summed E-state index contributed by atoms with van der Waals surface area (Å²) in [5.74, 6) is -1.96. The summed E-state index contributed by atoms with van der Waals surface area (Å²) < 4.78 is 0. The van der Waals surface area contributed by atoms with Crippen molar-refractivity contribution in [1.29, 1.82) is 0 Å². The number of carboxylic acids is 1. The maximum Gasteiger partial charge on any atom is 0.330 e. The number of benzene rings is 2. The Hall–Kier alpha value is -2.89. The SMILES string of the molecule is O=C(NC(C(=O)O)c1ccc2ccccc2c1)C1CC(=O)N(C2CCCC2)C1. The van der Waals surface area contributed by atoms with Crippen LogP contribution in [0.2, 0.25) is 0 Å². The Morgan fingerprint density at radius 3 is 2.50 bits per heavy atom. The van der Waals surface area contributed by atoms with Gasteiger partial charge < -0.3 is 15.3 Å². The Bertz CT molecular complexity index is 920. The Morgan fingerprint density at radius 1 is 1.07 bits per heavy atom. The van der Waals surface area contributed by atoms with Gasteiger partial charge in [0.1, 0.15) is 0 Å². The molecule has 1 aliphatic carbocycles. The van der Waals surface area contributed by atoms with E-state index in [2.05, 4.69) is 5.32 Å². The van der Waals surface area contributed by atoms with Gasteiger partial charge in [-0.2, -0.15) is 0 Å². The van der Waals surface area contributed by atoms with E-state index in [4.69, 9.17) is 0 Å². The number of carbonyl (C=O) groups excluding carboxylic acids is 2. The van der Waals surface area contributed by atoms with Crippen molar-refractivity contribution in [3.63, 3.8) is 0 Å². The molecule has 0 bridgehead atoms. The molecule has 0 spiro atoms. The second-order valence-electron chi connectivity index (χ2n) is 7.77. The summed E-state index contributed by atoms with van der Waals surface area (Å²) in [5, 5.41) is 14.3. The number of nitrogens with zero attached hydrogens (tertiary/aromatic N) is 1. The van der Waals surface area contributed by atoms with Gasteiger partial charge in [-0.15, -0.1) is 0 Å². The summed E-state index contributed by atoms with van der Waals surface area (Å²) in [6.07, 6.45) is 4.39. The number of nitrogens with one attached hydrogen (secondary N) is 1. The van der Waals surface area contributed by atoms with Crippen molar-refractivity contribution in [3.8, 4) is 0 Å². The largest absolute Gasteiger partial charge is 0.479 e. The van der Waals surface area contributed by atoms with Crippen molar-refractivity contribution < 1.29 is 19.5 Å². The molecule has 28 heavy (non-hydrogen) atoms. The number of hydrogen-bond donors (Lipinski definition) is 2. The van der Waals surface area contributed by atoms with Gasteiger partial charge in [0.25, 0.3) is 0 Å². The Morgan fingerprint density at radius 2 is 1.79 bits per heavy atom. The van der Waals surface area contributed by atoms with Crippen LogP contribution in [0.25, 0.3) is 10.8 Å². The molecule has 1 saturated carbocycles. The highest BCUT2D eigenvalue weighted by molar-refractivity contribution is 5.92. The molecule has 6 nitrogen and oxygen atoms in total. The van der Waals surface area contributed by atoms with Crippen LogP contribution in [0.1, 0.15) is 43.7 Å². The Labute approximate surface area is 163 Å². The molecule has 146 valence electrons. The monoisotopic (exact) mass is 380 g/mol. The molecule has 2 atom stereocenters. The average molecular weight is 380 g/mol. The minimum atomic E-state index is -1.13. The third kappa shape index (κ3) is 3.59. The summed E-state index contributed by atoms with van der Waals surface area (Å²) in [7, 11) is 0. The van der Waals surface area contributed by atoms with Crippen molar-refractivity contribution in [2.75, 3.05) is 6.54 Å². The molecule has 2 fully saturated rings.